The number of esters is 1. The Balaban J connectivity index is 1.30. The van der Waals surface area contributed by atoms with Crippen molar-refractivity contribution in [3.8, 4) is 23.0 Å². The Morgan fingerprint density at radius 1 is 1.09 bits per heavy atom. The number of hydrogen-bond acceptors (Lipinski definition) is 7. The predicted octanol–water partition coefficient (Wildman–Crippen LogP) is 4.42. The molecule has 8 nitrogen and oxygen atoms in total. The van der Waals surface area contributed by atoms with Crippen LogP contribution in [0.25, 0.3) is 0 Å². The highest BCUT2D eigenvalue weighted by molar-refractivity contribution is 14.1. The number of benzene rings is 3. The summed E-state index contributed by atoms with van der Waals surface area (Å²) in [6, 6.07) is 16.6. The molecule has 0 saturated heterocycles. The highest BCUT2D eigenvalue weighted by atomic mass is 127. The Morgan fingerprint density at radius 3 is 2.79 bits per heavy atom. The third-order valence-corrected chi connectivity index (χ3v) is 5.41. The average molecular weight is 579 g/mol. The molecule has 10 heteroatoms. The van der Waals surface area contributed by atoms with Gasteiger partial charge in [-0.3, -0.25) is 4.79 Å². The fourth-order valence-electron chi connectivity index (χ4n) is 2.79. The van der Waals surface area contributed by atoms with Crippen LogP contribution < -0.4 is 24.4 Å². The highest BCUT2D eigenvalue weighted by Crippen LogP contribution is 2.32. The first-order valence-electron chi connectivity index (χ1n) is 9.59. The quantitative estimate of drug-likeness (QED) is 0.147. The highest BCUT2D eigenvalue weighted by Gasteiger charge is 2.17. The van der Waals surface area contributed by atoms with Crippen LogP contribution in [0.2, 0.25) is 5.02 Å². The van der Waals surface area contributed by atoms with Gasteiger partial charge in [0.25, 0.3) is 5.91 Å². The van der Waals surface area contributed by atoms with E-state index >= 15 is 0 Å². The molecule has 33 heavy (non-hydrogen) atoms. The van der Waals surface area contributed by atoms with E-state index in [1.165, 1.54) is 6.21 Å². The smallest absolute Gasteiger partial charge is 0.343 e. The maximum atomic E-state index is 12.4. The lowest BCUT2D eigenvalue weighted by Crippen LogP contribution is -2.24. The second kappa shape index (κ2) is 10.5. The number of carbonyl (C=O) groups is 2. The topological polar surface area (TPSA) is 95.5 Å². The fourth-order valence-corrected chi connectivity index (χ4v) is 3.82. The minimum absolute atomic E-state index is 0.123. The summed E-state index contributed by atoms with van der Waals surface area (Å²) >= 11 is 7.97. The Hall–Kier alpha value is -3.31. The van der Waals surface area contributed by atoms with Gasteiger partial charge >= 0.3 is 5.97 Å². The van der Waals surface area contributed by atoms with E-state index in [-0.39, 0.29) is 13.4 Å². The van der Waals surface area contributed by atoms with Crippen LogP contribution in [0.1, 0.15) is 15.9 Å². The van der Waals surface area contributed by atoms with Crippen molar-refractivity contribution in [2.75, 3.05) is 13.4 Å². The molecular formula is C23H16ClIN2O6. The van der Waals surface area contributed by atoms with E-state index in [4.69, 9.17) is 30.5 Å². The van der Waals surface area contributed by atoms with E-state index in [0.29, 0.717) is 39.1 Å². The van der Waals surface area contributed by atoms with Crippen LogP contribution >= 0.6 is 34.2 Å². The van der Waals surface area contributed by atoms with Crippen LogP contribution in [0.4, 0.5) is 0 Å². The van der Waals surface area contributed by atoms with Crippen LogP contribution in [0.15, 0.2) is 65.8 Å². The van der Waals surface area contributed by atoms with Gasteiger partial charge in [-0.05, 0) is 76.7 Å². The van der Waals surface area contributed by atoms with Gasteiger partial charge < -0.3 is 18.9 Å². The van der Waals surface area contributed by atoms with Crippen LogP contribution in [0.3, 0.4) is 0 Å². The molecule has 4 rings (SSSR count). The van der Waals surface area contributed by atoms with Gasteiger partial charge in [-0.25, -0.2) is 10.2 Å². The molecule has 0 unspecified atom stereocenters. The van der Waals surface area contributed by atoms with Gasteiger partial charge in [0.15, 0.2) is 18.1 Å². The number of hydrazone groups is 1. The Morgan fingerprint density at radius 2 is 1.94 bits per heavy atom. The molecule has 1 aliphatic heterocycles. The maximum absolute atomic E-state index is 12.4. The van der Waals surface area contributed by atoms with Gasteiger partial charge in [0.2, 0.25) is 6.79 Å². The minimum Gasteiger partial charge on any atom is -0.483 e. The van der Waals surface area contributed by atoms with Crippen molar-refractivity contribution in [2.45, 2.75) is 0 Å². The Kier molecular flexibility index (Phi) is 7.30. The third kappa shape index (κ3) is 6.14. The number of nitrogens with zero attached hydrogens (tertiary/aromatic N) is 1. The number of ether oxygens (including phenoxy) is 4. The summed E-state index contributed by atoms with van der Waals surface area (Å²) in [6.07, 6.45) is 1.43. The first-order chi connectivity index (χ1) is 16.0. The number of amides is 1. The molecular weight excluding hydrogens is 563 g/mol. The number of fused-ring (bicyclic) bond motifs is 1. The van der Waals surface area contributed by atoms with Gasteiger partial charge in [-0.1, -0.05) is 23.7 Å². The number of nitrogens with one attached hydrogen (secondary N) is 1. The first-order valence-corrected chi connectivity index (χ1v) is 11.1. The molecule has 3 aromatic rings. The number of carbonyl (C=O) groups excluding carboxylic acids is 2. The molecule has 0 bridgehead atoms. The largest absolute Gasteiger partial charge is 0.483 e. The lowest BCUT2D eigenvalue weighted by molar-refractivity contribution is -0.123. The van der Waals surface area contributed by atoms with E-state index in [9.17, 15) is 9.59 Å². The summed E-state index contributed by atoms with van der Waals surface area (Å²) in [4.78, 5) is 24.4. The SMILES string of the molecule is O=C(COc1ccc(Cl)cc1I)N/N=C/c1cccc(OC(=O)c2ccc3c(c2)OCO3)c1. The van der Waals surface area contributed by atoms with Crippen molar-refractivity contribution in [3.63, 3.8) is 0 Å². The molecule has 0 aromatic heterocycles. The summed E-state index contributed by atoms with van der Waals surface area (Å²) in [5.41, 5.74) is 3.34. The zero-order valence-electron chi connectivity index (χ0n) is 16.9. The van der Waals surface area contributed by atoms with Crippen molar-refractivity contribution in [2.24, 2.45) is 5.10 Å². The normalized spacial score (nSPS) is 11.9. The number of halogens is 2. The van der Waals surface area contributed by atoms with Gasteiger partial charge in [-0.2, -0.15) is 5.10 Å². The van der Waals surface area contributed by atoms with Crippen LogP contribution in [-0.4, -0.2) is 31.5 Å². The zero-order chi connectivity index (χ0) is 23.2. The lowest BCUT2D eigenvalue weighted by Gasteiger charge is -2.07. The minimum atomic E-state index is -0.537. The van der Waals surface area contributed by atoms with E-state index < -0.39 is 11.9 Å². The van der Waals surface area contributed by atoms with Crippen molar-refractivity contribution in [1.82, 2.24) is 5.43 Å². The number of hydrogen-bond donors (Lipinski definition) is 1. The molecule has 0 atom stereocenters. The molecule has 168 valence electrons. The van der Waals surface area contributed by atoms with Crippen molar-refractivity contribution < 1.29 is 28.5 Å². The molecule has 0 radical (unpaired) electrons. The molecule has 0 aliphatic carbocycles. The Labute approximate surface area is 207 Å². The zero-order valence-corrected chi connectivity index (χ0v) is 19.8. The summed E-state index contributed by atoms with van der Waals surface area (Å²) in [6.45, 7) is -0.0829. The average Bonchev–Trinajstić information content (AvgIpc) is 3.27. The maximum Gasteiger partial charge on any atom is 0.343 e. The monoisotopic (exact) mass is 578 g/mol. The number of rotatable bonds is 7. The van der Waals surface area contributed by atoms with Crippen molar-refractivity contribution in [3.05, 3.63) is 80.4 Å². The molecule has 0 fully saturated rings. The summed E-state index contributed by atoms with van der Waals surface area (Å²) in [5.74, 6) is 0.993. The van der Waals surface area contributed by atoms with Gasteiger partial charge in [0.05, 0.1) is 15.3 Å². The second-order valence-electron chi connectivity index (χ2n) is 6.69. The van der Waals surface area contributed by atoms with Gasteiger partial charge in [-0.15, -0.1) is 0 Å². The van der Waals surface area contributed by atoms with Crippen LogP contribution in [0, 0.1) is 3.57 Å². The first kappa shape index (κ1) is 22.9. The molecule has 1 aliphatic rings. The molecule has 0 spiro atoms. The Bertz CT molecular complexity index is 1230. The molecule has 1 amide bonds. The standard InChI is InChI=1S/C23H16ClIN2O6/c24-16-5-7-19(18(25)10-16)30-12-22(28)27-26-11-14-2-1-3-17(8-14)33-23(29)15-4-6-20-21(9-15)32-13-31-20/h1-11H,12-13H2,(H,27,28)/b26-11+. The van der Waals surface area contributed by atoms with Crippen molar-refractivity contribution >= 4 is 52.3 Å². The van der Waals surface area contributed by atoms with E-state index in [1.807, 2.05) is 0 Å². The van der Waals surface area contributed by atoms with Crippen molar-refractivity contribution in [1.29, 1.82) is 0 Å². The van der Waals surface area contributed by atoms with Crippen LogP contribution in [-0.2, 0) is 4.79 Å². The predicted molar refractivity (Wildman–Crippen MR) is 129 cm³/mol. The summed E-state index contributed by atoms with van der Waals surface area (Å²) in [7, 11) is 0. The molecule has 1 N–H and O–H groups in total. The second-order valence-corrected chi connectivity index (χ2v) is 8.29. The third-order valence-electron chi connectivity index (χ3n) is 4.33. The van der Waals surface area contributed by atoms with E-state index in [1.54, 1.807) is 60.7 Å². The summed E-state index contributed by atoms with van der Waals surface area (Å²) in [5, 5.41) is 4.50. The van der Waals surface area contributed by atoms with Crippen LogP contribution in [0.5, 0.6) is 23.0 Å². The lowest BCUT2D eigenvalue weighted by atomic mass is 10.2. The van der Waals surface area contributed by atoms with Gasteiger partial charge in [0.1, 0.15) is 11.5 Å². The van der Waals surface area contributed by atoms with E-state index in [2.05, 4.69) is 33.1 Å². The molecule has 1 heterocycles. The molecule has 3 aromatic carbocycles. The van der Waals surface area contributed by atoms with Gasteiger partial charge in [0, 0.05) is 5.02 Å². The van der Waals surface area contributed by atoms with E-state index in [0.717, 1.165) is 3.57 Å². The summed E-state index contributed by atoms with van der Waals surface area (Å²) < 4.78 is 22.2. The molecule has 0 saturated carbocycles. The fraction of sp³-hybridized carbons (Fsp3) is 0.0870.